The number of aryl methyl sites for hydroxylation is 1. The van der Waals surface area contributed by atoms with Crippen LogP contribution in [0.2, 0.25) is 5.02 Å². The summed E-state index contributed by atoms with van der Waals surface area (Å²) < 4.78 is 35.7. The van der Waals surface area contributed by atoms with Crippen LogP contribution in [0, 0.1) is 0 Å². The fourth-order valence-electron chi connectivity index (χ4n) is 3.69. The maximum atomic E-state index is 12.7. The normalized spacial score (nSPS) is 21.5. The van der Waals surface area contributed by atoms with Crippen molar-refractivity contribution in [2.24, 2.45) is 0 Å². The van der Waals surface area contributed by atoms with E-state index < -0.39 is 22.2 Å². The van der Waals surface area contributed by atoms with E-state index in [1.807, 2.05) is 18.3 Å². The van der Waals surface area contributed by atoms with Crippen LogP contribution in [0.25, 0.3) is 11.3 Å². The van der Waals surface area contributed by atoms with Gasteiger partial charge in [-0.2, -0.15) is 0 Å². The van der Waals surface area contributed by atoms with Crippen LogP contribution < -0.4 is 4.72 Å². The third kappa shape index (κ3) is 5.51. The Bertz CT molecular complexity index is 1120. The number of ether oxygens (including phenoxy) is 1. The van der Waals surface area contributed by atoms with Crippen LogP contribution in [0.4, 0.5) is 0 Å². The second-order valence-corrected chi connectivity index (χ2v) is 9.79. The van der Waals surface area contributed by atoms with Gasteiger partial charge in [-0.1, -0.05) is 16.8 Å². The minimum atomic E-state index is -3.74. The van der Waals surface area contributed by atoms with E-state index in [4.69, 9.17) is 16.3 Å². The minimum Gasteiger partial charge on any atom is -0.394 e. The van der Waals surface area contributed by atoms with Crippen molar-refractivity contribution in [3.8, 4) is 11.3 Å². The standard InChI is InChI=1S/C21H24ClN5O4S/c22-16-3-6-18(7-4-16)32(29,30)25-19-8-5-17(31-21(19)14-28)9-11-27-13-20(24-26-27)15-2-1-10-23-12-15/h1-4,6-7,10,12-13,17,19,21,25,28H,5,8-9,11,14H2/t17-,19+,21-/m1/s1. The number of aliphatic hydroxyl groups excluding tert-OH is 1. The summed E-state index contributed by atoms with van der Waals surface area (Å²) in [5.41, 5.74) is 1.64. The van der Waals surface area contributed by atoms with Crippen molar-refractivity contribution in [2.75, 3.05) is 6.61 Å². The number of pyridine rings is 1. The van der Waals surface area contributed by atoms with E-state index in [0.717, 1.165) is 11.3 Å². The van der Waals surface area contributed by atoms with E-state index in [1.165, 1.54) is 24.3 Å². The zero-order chi connectivity index (χ0) is 22.6. The fraction of sp³-hybridized carbons (Fsp3) is 0.381. The maximum Gasteiger partial charge on any atom is 0.240 e. The predicted octanol–water partition coefficient (Wildman–Crippen LogP) is 2.27. The topological polar surface area (TPSA) is 119 Å². The number of rotatable bonds is 8. The first-order chi connectivity index (χ1) is 15.4. The van der Waals surface area contributed by atoms with Gasteiger partial charge in [-0.15, -0.1) is 5.10 Å². The summed E-state index contributed by atoms with van der Waals surface area (Å²) in [4.78, 5) is 4.21. The van der Waals surface area contributed by atoms with Crippen molar-refractivity contribution in [1.29, 1.82) is 0 Å². The van der Waals surface area contributed by atoms with E-state index in [2.05, 4.69) is 20.0 Å². The molecular weight excluding hydrogens is 454 g/mol. The molecule has 3 atom stereocenters. The average molecular weight is 478 g/mol. The van der Waals surface area contributed by atoms with Gasteiger partial charge in [0.25, 0.3) is 0 Å². The molecule has 4 rings (SSSR count). The first kappa shape index (κ1) is 22.8. The highest BCUT2D eigenvalue weighted by atomic mass is 35.5. The molecule has 1 aliphatic heterocycles. The van der Waals surface area contributed by atoms with Crippen molar-refractivity contribution in [1.82, 2.24) is 24.7 Å². The smallest absolute Gasteiger partial charge is 0.240 e. The Morgan fingerprint density at radius 1 is 1.22 bits per heavy atom. The van der Waals surface area contributed by atoms with Crippen LogP contribution in [0.3, 0.4) is 0 Å². The van der Waals surface area contributed by atoms with Crippen LogP contribution in [0.15, 0.2) is 59.9 Å². The van der Waals surface area contributed by atoms with Gasteiger partial charge in [-0.05, 0) is 55.7 Å². The molecule has 2 aromatic heterocycles. The number of sulfonamides is 1. The molecule has 0 aliphatic carbocycles. The molecule has 1 fully saturated rings. The molecule has 0 saturated carbocycles. The molecule has 3 heterocycles. The molecule has 32 heavy (non-hydrogen) atoms. The summed E-state index contributed by atoms with van der Waals surface area (Å²) in [5, 5.41) is 18.6. The lowest BCUT2D eigenvalue weighted by Gasteiger charge is -2.36. The minimum absolute atomic E-state index is 0.116. The molecule has 0 radical (unpaired) electrons. The molecule has 1 aromatic carbocycles. The highest BCUT2D eigenvalue weighted by Crippen LogP contribution is 2.24. The summed E-state index contributed by atoms with van der Waals surface area (Å²) >= 11 is 5.84. The van der Waals surface area contributed by atoms with Crippen molar-refractivity contribution in [3.63, 3.8) is 0 Å². The lowest BCUT2D eigenvalue weighted by molar-refractivity contribution is -0.0891. The molecule has 3 aromatic rings. The summed E-state index contributed by atoms with van der Waals surface area (Å²) in [6, 6.07) is 9.19. The van der Waals surface area contributed by atoms with Crippen LogP contribution >= 0.6 is 11.6 Å². The summed E-state index contributed by atoms with van der Waals surface area (Å²) in [6.07, 6.45) is 6.43. The van der Waals surface area contributed by atoms with Crippen LogP contribution in [-0.4, -0.2) is 58.4 Å². The molecule has 9 nitrogen and oxygen atoms in total. The van der Waals surface area contributed by atoms with Gasteiger partial charge < -0.3 is 9.84 Å². The quantitative estimate of drug-likeness (QED) is 0.510. The van der Waals surface area contributed by atoms with Gasteiger partial charge in [0.1, 0.15) is 5.69 Å². The van der Waals surface area contributed by atoms with Gasteiger partial charge in [0.15, 0.2) is 0 Å². The second kappa shape index (κ2) is 10.1. The van der Waals surface area contributed by atoms with E-state index in [1.54, 1.807) is 17.1 Å². The monoisotopic (exact) mass is 477 g/mol. The predicted molar refractivity (Wildman–Crippen MR) is 118 cm³/mol. The second-order valence-electron chi connectivity index (χ2n) is 7.64. The Morgan fingerprint density at radius 2 is 2.03 bits per heavy atom. The lowest BCUT2D eigenvalue weighted by Crippen LogP contribution is -2.50. The van der Waals surface area contributed by atoms with Crippen molar-refractivity contribution < 1.29 is 18.3 Å². The van der Waals surface area contributed by atoms with Gasteiger partial charge in [-0.3, -0.25) is 9.67 Å². The van der Waals surface area contributed by atoms with Gasteiger partial charge in [-0.25, -0.2) is 13.1 Å². The molecule has 170 valence electrons. The molecule has 0 spiro atoms. The highest BCUT2D eigenvalue weighted by Gasteiger charge is 2.33. The number of benzene rings is 1. The summed E-state index contributed by atoms with van der Waals surface area (Å²) in [6.45, 7) is 0.316. The molecule has 0 amide bonds. The number of aromatic nitrogens is 4. The number of hydrogen-bond donors (Lipinski definition) is 2. The fourth-order valence-corrected chi connectivity index (χ4v) is 5.12. The van der Waals surface area contributed by atoms with Crippen LogP contribution in [0.5, 0.6) is 0 Å². The van der Waals surface area contributed by atoms with Crippen molar-refractivity contribution in [3.05, 3.63) is 60.0 Å². The zero-order valence-electron chi connectivity index (χ0n) is 17.2. The third-order valence-corrected chi connectivity index (χ3v) is 7.16. The lowest BCUT2D eigenvalue weighted by atomic mass is 9.98. The molecule has 1 saturated heterocycles. The summed E-state index contributed by atoms with van der Waals surface area (Å²) in [7, 11) is -3.74. The Morgan fingerprint density at radius 3 is 2.75 bits per heavy atom. The molecular formula is C21H24ClN5O4S. The van der Waals surface area contributed by atoms with E-state index >= 15 is 0 Å². The van der Waals surface area contributed by atoms with E-state index in [-0.39, 0.29) is 17.6 Å². The largest absolute Gasteiger partial charge is 0.394 e. The van der Waals surface area contributed by atoms with Crippen molar-refractivity contribution >= 4 is 21.6 Å². The van der Waals surface area contributed by atoms with Crippen LogP contribution in [-0.2, 0) is 21.3 Å². The molecule has 1 aliphatic rings. The molecule has 2 N–H and O–H groups in total. The van der Waals surface area contributed by atoms with E-state index in [9.17, 15) is 13.5 Å². The number of nitrogens with zero attached hydrogens (tertiary/aromatic N) is 4. The highest BCUT2D eigenvalue weighted by molar-refractivity contribution is 7.89. The Hall–Kier alpha value is -2.37. The summed E-state index contributed by atoms with van der Waals surface area (Å²) in [5.74, 6) is 0. The van der Waals surface area contributed by atoms with Gasteiger partial charge in [0.2, 0.25) is 10.0 Å². The molecule has 11 heteroatoms. The maximum absolute atomic E-state index is 12.7. The third-order valence-electron chi connectivity index (χ3n) is 5.40. The molecule has 0 unspecified atom stereocenters. The first-order valence-electron chi connectivity index (χ1n) is 10.3. The van der Waals surface area contributed by atoms with Crippen molar-refractivity contribution in [2.45, 2.75) is 49.0 Å². The zero-order valence-corrected chi connectivity index (χ0v) is 18.8. The first-order valence-corrected chi connectivity index (χ1v) is 12.2. The number of hydrogen-bond acceptors (Lipinski definition) is 7. The number of nitrogens with one attached hydrogen (secondary N) is 1. The van der Waals surface area contributed by atoms with E-state index in [0.29, 0.717) is 30.8 Å². The van der Waals surface area contributed by atoms with Gasteiger partial charge >= 0.3 is 0 Å². The van der Waals surface area contributed by atoms with Crippen LogP contribution in [0.1, 0.15) is 19.3 Å². The number of halogens is 1. The number of aliphatic hydroxyl groups is 1. The Labute approximate surface area is 191 Å². The Balaban J connectivity index is 1.33. The average Bonchev–Trinajstić information content (AvgIpc) is 3.28. The Kier molecular flexibility index (Phi) is 7.17. The van der Waals surface area contributed by atoms with Gasteiger partial charge in [0.05, 0.1) is 35.9 Å². The van der Waals surface area contributed by atoms with Gasteiger partial charge in [0, 0.05) is 29.5 Å². The molecule has 0 bridgehead atoms. The SMILES string of the molecule is O=S(=O)(N[C@H]1CC[C@H](CCn2cc(-c3cccnc3)nn2)O[C@@H]1CO)c1ccc(Cl)cc1.